The van der Waals surface area contributed by atoms with Gasteiger partial charge in [0.05, 0.1) is 5.69 Å². The quantitative estimate of drug-likeness (QED) is 0.943. The van der Waals surface area contributed by atoms with Crippen LogP contribution in [0.25, 0.3) is 11.3 Å². The molecule has 0 aliphatic carbocycles. The monoisotopic (exact) mass is 307 g/mol. The van der Waals surface area contributed by atoms with E-state index in [0.29, 0.717) is 5.92 Å². The van der Waals surface area contributed by atoms with Crippen LogP contribution in [0.1, 0.15) is 19.0 Å². The van der Waals surface area contributed by atoms with E-state index in [4.69, 9.17) is 10.3 Å². The van der Waals surface area contributed by atoms with E-state index >= 15 is 0 Å². The van der Waals surface area contributed by atoms with Gasteiger partial charge in [0.1, 0.15) is 0 Å². The molecule has 1 aliphatic heterocycles. The van der Waals surface area contributed by atoms with Gasteiger partial charge in [-0.25, -0.2) is 0 Å². The van der Waals surface area contributed by atoms with Gasteiger partial charge in [0.2, 0.25) is 0 Å². The van der Waals surface area contributed by atoms with Crippen molar-refractivity contribution < 1.29 is 4.52 Å². The van der Waals surface area contributed by atoms with Gasteiger partial charge in [0, 0.05) is 30.8 Å². The Hall–Kier alpha value is -1.36. The number of hydrogen-bond acceptors (Lipinski definition) is 4. The zero-order valence-electron chi connectivity index (χ0n) is 12.2. The van der Waals surface area contributed by atoms with Crippen LogP contribution in [0.15, 0.2) is 40.9 Å². The third-order valence-corrected chi connectivity index (χ3v) is 4.06. The molecule has 4 nitrogen and oxygen atoms in total. The number of rotatable bonds is 4. The third-order valence-electron chi connectivity index (χ3n) is 4.06. The molecule has 2 unspecified atom stereocenters. The van der Waals surface area contributed by atoms with Crippen molar-refractivity contribution in [3.63, 3.8) is 0 Å². The summed E-state index contributed by atoms with van der Waals surface area (Å²) in [5.74, 6) is 1.44. The molecule has 1 aromatic carbocycles. The van der Waals surface area contributed by atoms with Crippen molar-refractivity contribution in [2.24, 2.45) is 11.7 Å². The zero-order valence-corrected chi connectivity index (χ0v) is 13.1. The van der Waals surface area contributed by atoms with Gasteiger partial charge in [0.15, 0.2) is 5.76 Å². The molecule has 3 rings (SSSR count). The molecule has 2 N–H and O–H groups in total. The second-order valence-electron chi connectivity index (χ2n) is 5.69. The number of halogens is 1. The van der Waals surface area contributed by atoms with Gasteiger partial charge in [-0.2, -0.15) is 0 Å². The summed E-state index contributed by atoms with van der Waals surface area (Å²) in [5.41, 5.74) is 8.04. The minimum atomic E-state index is 0. The van der Waals surface area contributed by atoms with Crippen molar-refractivity contribution >= 4 is 12.4 Å². The van der Waals surface area contributed by atoms with Gasteiger partial charge in [-0.05, 0) is 25.8 Å². The molecular weight excluding hydrogens is 286 g/mol. The molecule has 1 aliphatic rings. The van der Waals surface area contributed by atoms with Gasteiger partial charge in [0.25, 0.3) is 0 Å². The lowest BCUT2D eigenvalue weighted by molar-refractivity contribution is 0.296. The summed E-state index contributed by atoms with van der Waals surface area (Å²) < 4.78 is 5.43. The Balaban J connectivity index is 0.00000161. The molecule has 2 aromatic rings. The molecule has 0 saturated carbocycles. The van der Waals surface area contributed by atoms with Crippen molar-refractivity contribution in [3.8, 4) is 11.3 Å². The largest absolute Gasteiger partial charge is 0.356 e. The van der Waals surface area contributed by atoms with E-state index in [1.165, 1.54) is 6.42 Å². The Morgan fingerprint density at radius 3 is 2.81 bits per heavy atom. The molecule has 1 fully saturated rings. The Morgan fingerprint density at radius 1 is 1.38 bits per heavy atom. The molecule has 114 valence electrons. The number of aromatic nitrogens is 1. The number of benzene rings is 1. The molecular formula is C16H22ClN3O. The fourth-order valence-electron chi connectivity index (χ4n) is 2.79. The van der Waals surface area contributed by atoms with Crippen LogP contribution in [0.4, 0.5) is 0 Å². The number of nitrogens with zero attached hydrogens (tertiary/aromatic N) is 2. The summed E-state index contributed by atoms with van der Waals surface area (Å²) in [6.45, 7) is 5.10. The van der Waals surface area contributed by atoms with Gasteiger partial charge < -0.3 is 10.3 Å². The summed E-state index contributed by atoms with van der Waals surface area (Å²) in [7, 11) is 0. The highest BCUT2D eigenvalue weighted by molar-refractivity contribution is 5.85. The Bertz CT molecular complexity index is 556. The Kier molecular flexibility index (Phi) is 5.39. The molecule has 1 aromatic heterocycles. The SMILES string of the molecule is CC(N)C1CCN(Cc2cc(-c3ccccc3)on2)C1.Cl. The smallest absolute Gasteiger partial charge is 0.167 e. The zero-order chi connectivity index (χ0) is 13.9. The lowest BCUT2D eigenvalue weighted by Gasteiger charge is -2.16. The normalized spacial score (nSPS) is 20.2. The topological polar surface area (TPSA) is 55.3 Å². The van der Waals surface area contributed by atoms with Crippen LogP contribution >= 0.6 is 12.4 Å². The van der Waals surface area contributed by atoms with Gasteiger partial charge >= 0.3 is 0 Å². The second kappa shape index (κ2) is 7.07. The standard InChI is InChI=1S/C16H21N3O.ClH/c1-12(17)14-7-8-19(10-14)11-15-9-16(20-18-15)13-5-3-2-4-6-13;/h2-6,9,12,14H,7-8,10-11,17H2,1H3;1H. The van der Waals surface area contributed by atoms with Crippen LogP contribution in [-0.2, 0) is 6.54 Å². The highest BCUT2D eigenvalue weighted by atomic mass is 35.5. The fourth-order valence-corrected chi connectivity index (χ4v) is 2.79. The average molecular weight is 308 g/mol. The maximum absolute atomic E-state index is 5.97. The Labute approximate surface area is 131 Å². The second-order valence-corrected chi connectivity index (χ2v) is 5.69. The maximum Gasteiger partial charge on any atom is 0.167 e. The van der Waals surface area contributed by atoms with Crippen LogP contribution in [-0.4, -0.2) is 29.2 Å². The molecule has 0 amide bonds. The van der Waals surface area contributed by atoms with Crippen LogP contribution in [0.2, 0.25) is 0 Å². The van der Waals surface area contributed by atoms with E-state index in [9.17, 15) is 0 Å². The number of nitrogens with two attached hydrogens (primary N) is 1. The first kappa shape index (κ1) is 16.0. The van der Waals surface area contributed by atoms with E-state index in [2.05, 4.69) is 17.0 Å². The van der Waals surface area contributed by atoms with Crippen molar-refractivity contribution in [2.45, 2.75) is 25.9 Å². The molecule has 1 saturated heterocycles. The Morgan fingerprint density at radius 2 is 2.14 bits per heavy atom. The first-order valence-electron chi connectivity index (χ1n) is 7.21. The van der Waals surface area contributed by atoms with Crippen molar-refractivity contribution in [1.82, 2.24) is 10.1 Å². The fraction of sp³-hybridized carbons (Fsp3) is 0.438. The maximum atomic E-state index is 5.97. The number of likely N-dealkylation sites (tertiary alicyclic amines) is 1. The van der Waals surface area contributed by atoms with Crippen LogP contribution in [0, 0.1) is 5.92 Å². The molecule has 2 heterocycles. The summed E-state index contributed by atoms with van der Waals surface area (Å²) in [5, 5.41) is 4.18. The van der Waals surface area contributed by atoms with Crippen molar-refractivity contribution in [1.29, 1.82) is 0 Å². The van der Waals surface area contributed by atoms with E-state index in [0.717, 1.165) is 36.7 Å². The summed E-state index contributed by atoms with van der Waals surface area (Å²) >= 11 is 0. The van der Waals surface area contributed by atoms with Crippen LogP contribution in [0.3, 0.4) is 0 Å². The van der Waals surface area contributed by atoms with E-state index < -0.39 is 0 Å². The van der Waals surface area contributed by atoms with E-state index in [1.807, 2.05) is 36.4 Å². The molecule has 0 spiro atoms. The van der Waals surface area contributed by atoms with E-state index in [1.54, 1.807) is 0 Å². The third kappa shape index (κ3) is 3.84. The van der Waals surface area contributed by atoms with Gasteiger partial charge in [-0.1, -0.05) is 35.5 Å². The lowest BCUT2D eigenvalue weighted by Crippen LogP contribution is -2.29. The van der Waals surface area contributed by atoms with Crippen LogP contribution in [0.5, 0.6) is 0 Å². The highest BCUT2D eigenvalue weighted by Gasteiger charge is 2.25. The van der Waals surface area contributed by atoms with Crippen molar-refractivity contribution in [3.05, 3.63) is 42.1 Å². The highest BCUT2D eigenvalue weighted by Crippen LogP contribution is 2.23. The number of hydrogen-bond donors (Lipinski definition) is 1. The molecule has 0 radical (unpaired) electrons. The molecule has 21 heavy (non-hydrogen) atoms. The molecule has 0 bridgehead atoms. The van der Waals surface area contributed by atoms with Gasteiger partial charge in [-0.3, -0.25) is 4.90 Å². The predicted octanol–water partition coefficient (Wildman–Crippen LogP) is 2.93. The summed E-state index contributed by atoms with van der Waals surface area (Å²) in [6.07, 6.45) is 1.18. The first-order chi connectivity index (χ1) is 9.72. The summed E-state index contributed by atoms with van der Waals surface area (Å²) in [6, 6.07) is 12.4. The predicted molar refractivity (Wildman–Crippen MR) is 86.2 cm³/mol. The first-order valence-corrected chi connectivity index (χ1v) is 7.21. The van der Waals surface area contributed by atoms with Crippen LogP contribution < -0.4 is 5.73 Å². The van der Waals surface area contributed by atoms with Gasteiger partial charge in [-0.15, -0.1) is 12.4 Å². The molecule has 5 heteroatoms. The minimum Gasteiger partial charge on any atom is -0.356 e. The summed E-state index contributed by atoms with van der Waals surface area (Å²) in [4.78, 5) is 2.40. The molecule has 2 atom stereocenters. The average Bonchev–Trinajstić information content (AvgIpc) is 3.10. The lowest BCUT2D eigenvalue weighted by atomic mass is 10.0. The minimum absolute atomic E-state index is 0. The van der Waals surface area contributed by atoms with Crippen molar-refractivity contribution in [2.75, 3.05) is 13.1 Å². The van der Waals surface area contributed by atoms with E-state index in [-0.39, 0.29) is 18.4 Å².